The number of methoxy groups -OCH3 is 2. The lowest BCUT2D eigenvalue weighted by Gasteiger charge is -2.23. The summed E-state index contributed by atoms with van der Waals surface area (Å²) in [5.74, 6) is 1.04. The van der Waals surface area contributed by atoms with Gasteiger partial charge < -0.3 is 14.4 Å². The van der Waals surface area contributed by atoms with E-state index in [0.29, 0.717) is 12.1 Å². The molecule has 0 heterocycles. The van der Waals surface area contributed by atoms with E-state index in [9.17, 15) is 13.2 Å². The number of nitrogens with one attached hydrogen (secondary N) is 1. The average molecular weight is 481 g/mol. The lowest BCUT2D eigenvalue weighted by Crippen LogP contribution is -2.32. The number of ether oxygens (including phenoxy) is 2. The molecule has 34 heavy (non-hydrogen) atoms. The zero-order chi connectivity index (χ0) is 24.1. The molecule has 0 radical (unpaired) electrons. The Morgan fingerprint density at radius 2 is 1.56 bits per heavy atom. The third-order valence-corrected chi connectivity index (χ3v) is 7.23. The van der Waals surface area contributed by atoms with Gasteiger partial charge in [-0.25, -0.2) is 13.1 Å². The quantitative estimate of drug-likeness (QED) is 0.474. The van der Waals surface area contributed by atoms with Gasteiger partial charge >= 0.3 is 0 Å². The second-order valence-corrected chi connectivity index (χ2v) is 9.92. The third-order valence-electron chi connectivity index (χ3n) is 5.79. The van der Waals surface area contributed by atoms with Crippen LogP contribution in [0, 0.1) is 0 Å². The number of carbonyl (C=O) groups excluding carboxylic acids is 1. The molecule has 3 aromatic carbocycles. The predicted molar refractivity (Wildman–Crippen MR) is 129 cm³/mol. The molecule has 7 nitrogen and oxygen atoms in total. The molecule has 1 fully saturated rings. The summed E-state index contributed by atoms with van der Waals surface area (Å²) in [6, 6.07) is 21.5. The number of benzene rings is 3. The summed E-state index contributed by atoms with van der Waals surface area (Å²) in [6.07, 6.45) is 2.01. The fraction of sp³-hybridized carbons (Fsp3) is 0.269. The van der Waals surface area contributed by atoms with Crippen LogP contribution in [0.15, 0.2) is 77.7 Å². The van der Waals surface area contributed by atoms with E-state index in [4.69, 9.17) is 9.47 Å². The standard InChI is InChI=1S/C26H28N2O5S/c1-32-23-15-9-20(10-16-23)18-28(22-13-14-22)26(29)21-11-7-19(8-12-21)17-27-34(30,31)25-6-4-3-5-24(25)33-2/h3-12,15-16,22,27H,13-14,17-18H2,1-2H3. The van der Waals surface area contributed by atoms with Crippen LogP contribution in [0.1, 0.15) is 34.3 Å². The van der Waals surface area contributed by atoms with Gasteiger partial charge in [0.1, 0.15) is 16.4 Å². The Balaban J connectivity index is 1.42. The number of hydrogen-bond donors (Lipinski definition) is 1. The van der Waals surface area contributed by atoms with E-state index in [-0.39, 0.29) is 29.1 Å². The molecule has 0 saturated heterocycles. The molecule has 1 aliphatic carbocycles. The molecule has 0 aliphatic heterocycles. The van der Waals surface area contributed by atoms with Crippen LogP contribution in [0.25, 0.3) is 0 Å². The number of nitrogens with zero attached hydrogens (tertiary/aromatic N) is 1. The molecule has 0 atom stereocenters. The largest absolute Gasteiger partial charge is 0.497 e. The van der Waals surface area contributed by atoms with Gasteiger partial charge in [-0.3, -0.25) is 4.79 Å². The molecule has 1 aliphatic rings. The fourth-order valence-corrected chi connectivity index (χ4v) is 4.89. The Labute approximate surface area is 200 Å². The lowest BCUT2D eigenvalue weighted by atomic mass is 10.1. The van der Waals surface area contributed by atoms with E-state index in [0.717, 1.165) is 29.7 Å². The summed E-state index contributed by atoms with van der Waals surface area (Å²) >= 11 is 0. The third kappa shape index (κ3) is 5.58. The van der Waals surface area contributed by atoms with Gasteiger partial charge in [-0.05, 0) is 60.4 Å². The summed E-state index contributed by atoms with van der Waals surface area (Å²) in [5.41, 5.74) is 2.38. The highest BCUT2D eigenvalue weighted by molar-refractivity contribution is 7.89. The van der Waals surface area contributed by atoms with Crippen molar-refractivity contribution in [3.05, 3.63) is 89.5 Å². The van der Waals surface area contributed by atoms with Crippen LogP contribution >= 0.6 is 0 Å². The number of sulfonamides is 1. The molecule has 0 spiro atoms. The minimum atomic E-state index is -3.74. The molecular weight excluding hydrogens is 452 g/mol. The van der Waals surface area contributed by atoms with Crippen molar-refractivity contribution in [3.63, 3.8) is 0 Å². The Kier molecular flexibility index (Phi) is 7.19. The van der Waals surface area contributed by atoms with Crippen LogP contribution in [-0.2, 0) is 23.1 Å². The number of carbonyl (C=O) groups is 1. The second-order valence-electron chi connectivity index (χ2n) is 8.18. The van der Waals surface area contributed by atoms with Gasteiger partial charge in [0.25, 0.3) is 5.91 Å². The summed E-state index contributed by atoms with van der Waals surface area (Å²) in [7, 11) is -0.682. The zero-order valence-corrected chi connectivity index (χ0v) is 20.0. The van der Waals surface area contributed by atoms with Crippen LogP contribution in [0.5, 0.6) is 11.5 Å². The summed E-state index contributed by atoms with van der Waals surface area (Å²) in [6.45, 7) is 0.640. The van der Waals surface area contributed by atoms with Crippen LogP contribution in [0.4, 0.5) is 0 Å². The summed E-state index contributed by atoms with van der Waals surface area (Å²) < 4.78 is 38.3. The van der Waals surface area contributed by atoms with Gasteiger partial charge in [-0.1, -0.05) is 36.4 Å². The summed E-state index contributed by atoms with van der Waals surface area (Å²) in [4.78, 5) is 15.2. The molecule has 178 valence electrons. The SMILES string of the molecule is COc1ccc(CN(C(=O)c2ccc(CNS(=O)(=O)c3ccccc3OC)cc2)C2CC2)cc1. The first-order valence-corrected chi connectivity index (χ1v) is 12.5. The topological polar surface area (TPSA) is 84.9 Å². The zero-order valence-electron chi connectivity index (χ0n) is 19.2. The van der Waals surface area contributed by atoms with E-state index in [1.54, 1.807) is 49.6 Å². The van der Waals surface area contributed by atoms with Gasteiger partial charge in [-0.2, -0.15) is 0 Å². The van der Waals surface area contributed by atoms with Crippen molar-refractivity contribution in [3.8, 4) is 11.5 Å². The van der Waals surface area contributed by atoms with Crippen molar-refractivity contribution in [2.24, 2.45) is 0 Å². The minimum absolute atomic E-state index is 0.0283. The smallest absolute Gasteiger partial charge is 0.254 e. The normalized spacial score (nSPS) is 13.4. The van der Waals surface area contributed by atoms with Gasteiger partial charge in [0.15, 0.2) is 0 Å². The van der Waals surface area contributed by atoms with Crippen molar-refractivity contribution < 1.29 is 22.7 Å². The van der Waals surface area contributed by atoms with E-state index in [1.165, 1.54) is 13.2 Å². The van der Waals surface area contributed by atoms with Crippen LogP contribution < -0.4 is 14.2 Å². The Morgan fingerprint density at radius 3 is 2.18 bits per heavy atom. The number of amides is 1. The number of rotatable bonds is 10. The molecule has 0 unspecified atom stereocenters. The monoisotopic (exact) mass is 480 g/mol. The van der Waals surface area contributed by atoms with E-state index in [2.05, 4.69) is 4.72 Å². The Morgan fingerprint density at radius 1 is 0.912 bits per heavy atom. The molecule has 1 amide bonds. The van der Waals surface area contributed by atoms with Crippen molar-refractivity contribution >= 4 is 15.9 Å². The maximum absolute atomic E-state index is 13.2. The van der Waals surface area contributed by atoms with Gasteiger partial charge in [0, 0.05) is 24.7 Å². The van der Waals surface area contributed by atoms with Gasteiger partial charge in [0.2, 0.25) is 10.0 Å². The Hall–Kier alpha value is -3.36. The van der Waals surface area contributed by atoms with Crippen molar-refractivity contribution in [1.29, 1.82) is 0 Å². The lowest BCUT2D eigenvalue weighted by molar-refractivity contribution is 0.0730. The van der Waals surface area contributed by atoms with E-state index in [1.807, 2.05) is 29.2 Å². The maximum Gasteiger partial charge on any atom is 0.254 e. The molecule has 4 rings (SSSR count). The first-order valence-electron chi connectivity index (χ1n) is 11.1. The first-order chi connectivity index (χ1) is 16.4. The minimum Gasteiger partial charge on any atom is -0.497 e. The van der Waals surface area contributed by atoms with Crippen LogP contribution in [0.3, 0.4) is 0 Å². The van der Waals surface area contributed by atoms with E-state index < -0.39 is 10.0 Å². The van der Waals surface area contributed by atoms with Gasteiger partial charge in [0.05, 0.1) is 14.2 Å². The van der Waals surface area contributed by atoms with Crippen LogP contribution in [-0.4, -0.2) is 39.5 Å². The Bertz CT molecular complexity index is 1240. The summed E-state index contributed by atoms with van der Waals surface area (Å²) in [5, 5.41) is 0. The van der Waals surface area contributed by atoms with E-state index >= 15 is 0 Å². The highest BCUT2D eigenvalue weighted by atomic mass is 32.2. The first kappa shape index (κ1) is 23.8. The molecular formula is C26H28N2O5S. The van der Waals surface area contributed by atoms with Crippen molar-refractivity contribution in [1.82, 2.24) is 9.62 Å². The molecule has 3 aromatic rings. The predicted octanol–water partition coefficient (Wildman–Crippen LogP) is 3.99. The molecule has 1 N–H and O–H groups in total. The highest BCUT2D eigenvalue weighted by Gasteiger charge is 2.33. The maximum atomic E-state index is 13.2. The van der Waals surface area contributed by atoms with Crippen LogP contribution in [0.2, 0.25) is 0 Å². The number of hydrogen-bond acceptors (Lipinski definition) is 5. The fourth-order valence-electron chi connectivity index (χ4n) is 3.71. The molecule has 0 aromatic heterocycles. The van der Waals surface area contributed by atoms with Crippen molar-refractivity contribution in [2.45, 2.75) is 36.9 Å². The van der Waals surface area contributed by atoms with Crippen molar-refractivity contribution in [2.75, 3.05) is 14.2 Å². The molecule has 8 heteroatoms. The highest BCUT2D eigenvalue weighted by Crippen LogP contribution is 2.30. The molecule has 0 bridgehead atoms. The molecule has 1 saturated carbocycles. The average Bonchev–Trinajstić information content (AvgIpc) is 3.72. The second kappa shape index (κ2) is 10.3. The number of para-hydroxylation sites is 1. The van der Waals surface area contributed by atoms with Gasteiger partial charge in [-0.15, -0.1) is 0 Å².